The third kappa shape index (κ3) is 5.18. The molecule has 0 fully saturated rings. The van der Waals surface area contributed by atoms with Crippen molar-refractivity contribution in [2.75, 3.05) is 13.7 Å². The van der Waals surface area contributed by atoms with Crippen LogP contribution in [0.3, 0.4) is 0 Å². The summed E-state index contributed by atoms with van der Waals surface area (Å²) in [6.07, 6.45) is 0. The van der Waals surface area contributed by atoms with Crippen molar-refractivity contribution in [2.24, 2.45) is 11.7 Å². The fraction of sp³-hybridized carbons (Fsp3) is 0.500. The second kappa shape index (κ2) is 8.14. The summed E-state index contributed by atoms with van der Waals surface area (Å²) < 4.78 is 5.41. The molecule has 2 N–H and O–H groups in total. The van der Waals surface area contributed by atoms with Crippen LogP contribution in [0.1, 0.15) is 31.9 Å². The molecule has 1 rings (SSSR count). The van der Waals surface area contributed by atoms with Crippen LogP contribution in [-0.4, -0.2) is 18.9 Å². The highest BCUT2D eigenvalue weighted by atomic mass is 32.2. The van der Waals surface area contributed by atoms with Gasteiger partial charge in [-0.1, -0.05) is 32.6 Å². The molecule has 0 saturated carbocycles. The van der Waals surface area contributed by atoms with E-state index < -0.39 is 0 Å². The van der Waals surface area contributed by atoms with E-state index in [1.807, 2.05) is 23.9 Å². The average Bonchev–Trinajstić information content (AvgIpc) is 2.42. The highest BCUT2D eigenvalue weighted by molar-refractivity contribution is 7.99. The van der Waals surface area contributed by atoms with Crippen molar-refractivity contribution >= 4 is 11.8 Å². The van der Waals surface area contributed by atoms with Crippen molar-refractivity contribution < 1.29 is 4.74 Å². The zero-order valence-electron chi connectivity index (χ0n) is 12.2. The molecule has 1 aromatic rings. The number of hydrogen-bond donors (Lipinski definition) is 1. The second-order valence-electron chi connectivity index (χ2n) is 4.79. The van der Waals surface area contributed by atoms with Crippen LogP contribution in [0.5, 0.6) is 5.75 Å². The van der Waals surface area contributed by atoms with Gasteiger partial charge in [-0.05, 0) is 24.1 Å². The summed E-state index contributed by atoms with van der Waals surface area (Å²) >= 11 is 1.95. The van der Waals surface area contributed by atoms with Gasteiger partial charge < -0.3 is 10.5 Å². The van der Waals surface area contributed by atoms with Crippen LogP contribution >= 0.6 is 11.8 Å². The van der Waals surface area contributed by atoms with Crippen molar-refractivity contribution in [3.63, 3.8) is 0 Å². The van der Waals surface area contributed by atoms with Crippen LogP contribution in [0.25, 0.3) is 0 Å². The Kier molecular flexibility index (Phi) is 6.83. The highest BCUT2D eigenvalue weighted by Gasteiger charge is 2.10. The summed E-state index contributed by atoms with van der Waals surface area (Å²) in [6, 6.07) is 6.06. The van der Waals surface area contributed by atoms with E-state index in [0.717, 1.165) is 17.1 Å². The number of nitrogens with two attached hydrogens (primary N) is 1. The van der Waals surface area contributed by atoms with Gasteiger partial charge in [0.25, 0.3) is 0 Å². The lowest BCUT2D eigenvalue weighted by atomic mass is 10.1. The van der Waals surface area contributed by atoms with Crippen LogP contribution in [0, 0.1) is 17.8 Å². The lowest BCUT2D eigenvalue weighted by molar-refractivity contribution is 0.411. The summed E-state index contributed by atoms with van der Waals surface area (Å²) in [5, 5.41) is 0.628. The van der Waals surface area contributed by atoms with Gasteiger partial charge in [0.1, 0.15) is 5.75 Å². The van der Waals surface area contributed by atoms with Crippen molar-refractivity contribution in [1.82, 2.24) is 0 Å². The van der Waals surface area contributed by atoms with Crippen molar-refractivity contribution in [2.45, 2.75) is 31.8 Å². The Morgan fingerprint density at radius 1 is 1.32 bits per heavy atom. The van der Waals surface area contributed by atoms with Crippen LogP contribution in [-0.2, 0) is 5.75 Å². The topological polar surface area (TPSA) is 35.2 Å². The van der Waals surface area contributed by atoms with Gasteiger partial charge in [0.05, 0.1) is 13.7 Å². The Balaban J connectivity index is 2.84. The van der Waals surface area contributed by atoms with Gasteiger partial charge in [-0.2, -0.15) is 11.8 Å². The predicted molar refractivity (Wildman–Crippen MR) is 84.5 cm³/mol. The molecule has 3 heteroatoms. The minimum atomic E-state index is 0.389. The Hall–Kier alpha value is -1.11. The molecule has 1 aromatic carbocycles. The first-order valence-corrected chi connectivity index (χ1v) is 7.60. The van der Waals surface area contributed by atoms with E-state index in [1.165, 1.54) is 5.56 Å². The third-order valence-electron chi connectivity index (χ3n) is 3.06. The maximum atomic E-state index is 5.41. The molecule has 0 aliphatic carbocycles. The number of benzene rings is 1. The lowest BCUT2D eigenvalue weighted by Crippen LogP contribution is -2.06. The Bertz CT molecular complexity index is 460. The van der Waals surface area contributed by atoms with Gasteiger partial charge in [-0.15, -0.1) is 0 Å². The largest absolute Gasteiger partial charge is 0.496 e. The quantitative estimate of drug-likeness (QED) is 0.839. The summed E-state index contributed by atoms with van der Waals surface area (Å²) in [6.45, 7) is 7.15. The molecule has 0 amide bonds. The van der Waals surface area contributed by atoms with E-state index in [1.54, 1.807) is 7.11 Å². The summed E-state index contributed by atoms with van der Waals surface area (Å²) in [5.41, 5.74) is 7.60. The van der Waals surface area contributed by atoms with Gasteiger partial charge in [-0.25, -0.2) is 0 Å². The van der Waals surface area contributed by atoms with Gasteiger partial charge in [0.2, 0.25) is 0 Å². The summed E-state index contributed by atoms with van der Waals surface area (Å²) in [5.74, 6) is 8.50. The number of ether oxygens (including phenoxy) is 1. The van der Waals surface area contributed by atoms with Crippen LogP contribution in [0.4, 0.5) is 0 Å². The van der Waals surface area contributed by atoms with Crippen molar-refractivity contribution in [3.05, 3.63) is 29.3 Å². The van der Waals surface area contributed by atoms with Gasteiger partial charge in [-0.3, -0.25) is 0 Å². The SMILES string of the molecule is COc1ccc(C#CCN)cc1CSC(C)C(C)C. The van der Waals surface area contributed by atoms with E-state index in [2.05, 4.69) is 38.7 Å². The van der Waals surface area contributed by atoms with Crippen LogP contribution < -0.4 is 10.5 Å². The first-order valence-electron chi connectivity index (χ1n) is 6.56. The number of thioether (sulfide) groups is 1. The molecule has 104 valence electrons. The normalized spacial score (nSPS) is 11.9. The molecule has 0 aliphatic heterocycles. The molecule has 0 heterocycles. The summed E-state index contributed by atoms with van der Waals surface area (Å²) in [4.78, 5) is 0. The zero-order valence-corrected chi connectivity index (χ0v) is 13.0. The fourth-order valence-corrected chi connectivity index (χ4v) is 2.59. The molecule has 0 radical (unpaired) electrons. The monoisotopic (exact) mass is 277 g/mol. The smallest absolute Gasteiger partial charge is 0.122 e. The van der Waals surface area contributed by atoms with Gasteiger partial charge in [0.15, 0.2) is 0 Å². The standard InChI is InChI=1S/C16H23NOS/c1-12(2)13(3)19-11-15-10-14(6-5-9-17)7-8-16(15)18-4/h7-8,10,12-13H,9,11,17H2,1-4H3. The van der Waals surface area contributed by atoms with E-state index in [0.29, 0.717) is 17.7 Å². The Morgan fingerprint density at radius 3 is 2.63 bits per heavy atom. The predicted octanol–water partition coefficient (Wildman–Crippen LogP) is 3.28. The minimum absolute atomic E-state index is 0.389. The maximum Gasteiger partial charge on any atom is 0.122 e. The maximum absolute atomic E-state index is 5.41. The number of hydrogen-bond acceptors (Lipinski definition) is 3. The van der Waals surface area contributed by atoms with Gasteiger partial charge >= 0.3 is 0 Å². The van der Waals surface area contributed by atoms with E-state index in [9.17, 15) is 0 Å². The highest BCUT2D eigenvalue weighted by Crippen LogP contribution is 2.28. The van der Waals surface area contributed by atoms with Crippen LogP contribution in [0.2, 0.25) is 0 Å². The first kappa shape index (κ1) is 15.9. The van der Waals surface area contributed by atoms with Crippen molar-refractivity contribution in [1.29, 1.82) is 0 Å². The second-order valence-corrected chi connectivity index (χ2v) is 6.16. The summed E-state index contributed by atoms with van der Waals surface area (Å²) in [7, 11) is 1.71. The Morgan fingerprint density at radius 2 is 2.05 bits per heavy atom. The number of rotatable bonds is 5. The zero-order chi connectivity index (χ0) is 14.3. The van der Waals surface area contributed by atoms with Crippen molar-refractivity contribution in [3.8, 4) is 17.6 Å². The third-order valence-corrected chi connectivity index (χ3v) is 4.60. The van der Waals surface area contributed by atoms with E-state index >= 15 is 0 Å². The average molecular weight is 277 g/mol. The Labute approximate surface area is 121 Å². The molecule has 0 saturated heterocycles. The molecule has 2 nitrogen and oxygen atoms in total. The lowest BCUT2D eigenvalue weighted by Gasteiger charge is -2.16. The molecular weight excluding hydrogens is 254 g/mol. The molecule has 0 aromatic heterocycles. The molecule has 1 atom stereocenters. The molecule has 0 bridgehead atoms. The van der Waals surface area contributed by atoms with Crippen LogP contribution in [0.15, 0.2) is 18.2 Å². The first-order chi connectivity index (χ1) is 9.08. The molecule has 19 heavy (non-hydrogen) atoms. The molecule has 1 unspecified atom stereocenters. The molecule has 0 spiro atoms. The van der Waals surface area contributed by atoms with E-state index in [4.69, 9.17) is 10.5 Å². The number of methoxy groups -OCH3 is 1. The van der Waals surface area contributed by atoms with Gasteiger partial charge in [0, 0.05) is 22.1 Å². The molecular formula is C16H23NOS. The van der Waals surface area contributed by atoms with E-state index in [-0.39, 0.29) is 0 Å². The molecule has 0 aliphatic rings. The minimum Gasteiger partial charge on any atom is -0.496 e. The fourth-order valence-electron chi connectivity index (χ4n) is 1.54.